The fourth-order valence-electron chi connectivity index (χ4n) is 3.11. The van der Waals surface area contributed by atoms with Crippen LogP contribution in [0, 0.1) is 5.82 Å². The van der Waals surface area contributed by atoms with E-state index in [9.17, 15) is 12.8 Å². The van der Waals surface area contributed by atoms with Crippen LogP contribution in [0.5, 0.6) is 0 Å². The van der Waals surface area contributed by atoms with E-state index in [1.807, 2.05) is 0 Å². The molecule has 8 nitrogen and oxygen atoms in total. The van der Waals surface area contributed by atoms with Crippen LogP contribution in [0.1, 0.15) is 13.8 Å². The molecule has 158 valence electrons. The Hall–Kier alpha value is -2.30. The van der Waals surface area contributed by atoms with E-state index in [0.717, 1.165) is 26.2 Å². The highest BCUT2D eigenvalue weighted by molar-refractivity contribution is 7.89. The van der Waals surface area contributed by atoms with Gasteiger partial charge in [-0.05, 0) is 31.5 Å². The number of piperazine rings is 1. The van der Waals surface area contributed by atoms with Gasteiger partial charge >= 0.3 is 0 Å². The van der Waals surface area contributed by atoms with Gasteiger partial charge in [0.25, 0.3) is 0 Å². The lowest BCUT2D eigenvalue weighted by atomic mass is 10.1. The maximum atomic E-state index is 13.7. The predicted octanol–water partition coefficient (Wildman–Crippen LogP) is 1.43. The van der Waals surface area contributed by atoms with Crippen LogP contribution in [-0.4, -0.2) is 62.9 Å². The number of rotatable bonds is 8. The zero-order valence-electron chi connectivity index (χ0n) is 16.7. The molecule has 1 aliphatic rings. The highest BCUT2D eigenvalue weighted by Gasteiger charge is 2.17. The number of aromatic nitrogens is 2. The molecule has 0 unspecified atom stereocenters. The first-order valence-electron chi connectivity index (χ1n) is 9.66. The maximum absolute atomic E-state index is 13.7. The summed E-state index contributed by atoms with van der Waals surface area (Å²) in [7, 11) is -3.40. The highest BCUT2D eigenvalue weighted by atomic mass is 32.2. The Labute approximate surface area is 171 Å². The second kappa shape index (κ2) is 9.47. The minimum atomic E-state index is -3.40. The average Bonchev–Trinajstić information content (AvgIpc) is 2.67. The van der Waals surface area contributed by atoms with Crippen molar-refractivity contribution in [1.29, 1.82) is 0 Å². The van der Waals surface area contributed by atoms with Gasteiger partial charge < -0.3 is 15.5 Å². The topological polar surface area (TPSA) is 99.2 Å². The van der Waals surface area contributed by atoms with Gasteiger partial charge in [-0.3, -0.25) is 0 Å². The van der Waals surface area contributed by atoms with Crippen molar-refractivity contribution in [3.8, 4) is 11.1 Å². The molecule has 2 heterocycles. The maximum Gasteiger partial charge on any atom is 0.227 e. The zero-order valence-corrected chi connectivity index (χ0v) is 17.5. The lowest BCUT2D eigenvalue weighted by molar-refractivity contribution is 0.570. The number of nitrogens with one attached hydrogen (secondary N) is 3. The monoisotopic (exact) mass is 422 g/mol. The third-order valence-electron chi connectivity index (χ3n) is 4.39. The molecule has 0 amide bonds. The van der Waals surface area contributed by atoms with E-state index < -0.39 is 10.0 Å². The van der Waals surface area contributed by atoms with Crippen LogP contribution < -0.4 is 20.3 Å². The molecule has 10 heteroatoms. The second-order valence-electron chi connectivity index (χ2n) is 7.20. The summed E-state index contributed by atoms with van der Waals surface area (Å²) in [5.74, 6) is 0.598. The molecule has 1 aliphatic heterocycles. The Morgan fingerprint density at radius 2 is 2.03 bits per heavy atom. The highest BCUT2D eigenvalue weighted by Crippen LogP contribution is 2.28. The largest absolute Gasteiger partial charge is 0.368 e. The molecule has 1 fully saturated rings. The molecule has 1 saturated heterocycles. The summed E-state index contributed by atoms with van der Waals surface area (Å²) < 4.78 is 40.5. The summed E-state index contributed by atoms with van der Waals surface area (Å²) in [6.07, 6.45) is 1.66. The summed E-state index contributed by atoms with van der Waals surface area (Å²) in [4.78, 5) is 11.1. The Balaban J connectivity index is 1.84. The van der Waals surface area contributed by atoms with Gasteiger partial charge in [-0.25, -0.2) is 22.5 Å². The van der Waals surface area contributed by atoms with Crippen LogP contribution >= 0.6 is 0 Å². The predicted molar refractivity (Wildman–Crippen MR) is 113 cm³/mol. The van der Waals surface area contributed by atoms with Crippen molar-refractivity contribution in [3.63, 3.8) is 0 Å². The first kappa shape index (κ1) is 21.4. The summed E-state index contributed by atoms with van der Waals surface area (Å²) in [5.41, 5.74) is 1.25. The fourth-order valence-corrected chi connectivity index (χ4v) is 4.32. The van der Waals surface area contributed by atoms with E-state index in [4.69, 9.17) is 0 Å². The number of halogens is 1. The smallest absolute Gasteiger partial charge is 0.227 e. The molecular formula is C19H27FN6O2S. The molecule has 1 aromatic carbocycles. The first-order valence-corrected chi connectivity index (χ1v) is 11.3. The quantitative estimate of drug-likeness (QED) is 0.592. The van der Waals surface area contributed by atoms with Crippen molar-refractivity contribution in [2.45, 2.75) is 19.9 Å². The molecule has 2 aromatic rings. The number of benzene rings is 1. The lowest BCUT2D eigenvalue weighted by Gasteiger charge is -2.28. The molecule has 0 spiro atoms. The number of sulfonamides is 1. The van der Waals surface area contributed by atoms with Gasteiger partial charge in [-0.2, -0.15) is 4.98 Å². The molecule has 29 heavy (non-hydrogen) atoms. The third kappa shape index (κ3) is 6.09. The minimum Gasteiger partial charge on any atom is -0.368 e. The summed E-state index contributed by atoms with van der Waals surface area (Å²) in [6.45, 7) is 6.97. The standard InChI is InChI=1S/C19H27FN6O2S/c1-14(2)25-29(27,28)11-8-22-18-17(15-4-3-5-16(20)12-15)13-23-19(24-18)26-9-6-21-7-10-26/h3-5,12-14,21,25H,6-11H2,1-2H3,(H,22,23,24). The number of anilines is 2. The van der Waals surface area contributed by atoms with Crippen molar-refractivity contribution in [2.75, 3.05) is 48.7 Å². The van der Waals surface area contributed by atoms with Crippen LogP contribution in [0.2, 0.25) is 0 Å². The van der Waals surface area contributed by atoms with Gasteiger partial charge in [-0.1, -0.05) is 12.1 Å². The van der Waals surface area contributed by atoms with E-state index in [0.29, 0.717) is 22.9 Å². The molecule has 0 saturated carbocycles. The van der Waals surface area contributed by atoms with Crippen LogP contribution in [0.25, 0.3) is 11.1 Å². The van der Waals surface area contributed by atoms with Crippen molar-refractivity contribution in [2.24, 2.45) is 0 Å². The molecule has 3 rings (SSSR count). The van der Waals surface area contributed by atoms with Gasteiger partial charge in [0.05, 0.1) is 5.75 Å². The summed E-state index contributed by atoms with van der Waals surface area (Å²) in [5, 5.41) is 6.39. The molecule has 0 atom stereocenters. The summed E-state index contributed by atoms with van der Waals surface area (Å²) in [6, 6.07) is 6.01. The number of hydrogen-bond acceptors (Lipinski definition) is 7. The van der Waals surface area contributed by atoms with Crippen molar-refractivity contribution < 1.29 is 12.8 Å². The zero-order chi connectivity index (χ0) is 20.9. The summed E-state index contributed by atoms with van der Waals surface area (Å²) >= 11 is 0. The molecule has 0 radical (unpaired) electrons. The van der Waals surface area contributed by atoms with Crippen LogP contribution in [-0.2, 0) is 10.0 Å². The number of hydrogen-bond donors (Lipinski definition) is 3. The SMILES string of the molecule is CC(C)NS(=O)(=O)CCNc1nc(N2CCNCC2)ncc1-c1cccc(F)c1. The van der Waals surface area contributed by atoms with E-state index in [2.05, 4.69) is 30.2 Å². The minimum absolute atomic E-state index is 0.0965. The van der Waals surface area contributed by atoms with Crippen molar-refractivity contribution in [3.05, 3.63) is 36.3 Å². The van der Waals surface area contributed by atoms with Gasteiger partial charge in [0, 0.05) is 50.5 Å². The number of nitrogens with zero attached hydrogens (tertiary/aromatic N) is 3. The first-order chi connectivity index (χ1) is 13.8. The van der Waals surface area contributed by atoms with Crippen LogP contribution in [0.15, 0.2) is 30.5 Å². The van der Waals surface area contributed by atoms with Crippen molar-refractivity contribution >= 4 is 21.8 Å². The van der Waals surface area contributed by atoms with E-state index in [1.165, 1.54) is 12.1 Å². The average molecular weight is 423 g/mol. The normalized spacial score (nSPS) is 15.0. The van der Waals surface area contributed by atoms with E-state index in [-0.39, 0.29) is 24.2 Å². The van der Waals surface area contributed by atoms with Gasteiger partial charge in [0.1, 0.15) is 11.6 Å². The van der Waals surface area contributed by atoms with Crippen LogP contribution in [0.4, 0.5) is 16.2 Å². The molecule has 1 aromatic heterocycles. The molecule has 0 bridgehead atoms. The van der Waals surface area contributed by atoms with Crippen molar-refractivity contribution in [1.82, 2.24) is 20.0 Å². The van der Waals surface area contributed by atoms with E-state index >= 15 is 0 Å². The Kier molecular flexibility index (Phi) is 6.99. The van der Waals surface area contributed by atoms with Gasteiger partial charge in [0.2, 0.25) is 16.0 Å². The Bertz CT molecular complexity index is 932. The molecule has 3 N–H and O–H groups in total. The Morgan fingerprint density at radius 3 is 2.72 bits per heavy atom. The molecular weight excluding hydrogens is 395 g/mol. The second-order valence-corrected chi connectivity index (χ2v) is 9.07. The van der Waals surface area contributed by atoms with Crippen LogP contribution in [0.3, 0.4) is 0 Å². The van der Waals surface area contributed by atoms with E-state index in [1.54, 1.807) is 32.2 Å². The third-order valence-corrected chi connectivity index (χ3v) is 5.96. The fraction of sp³-hybridized carbons (Fsp3) is 0.474. The lowest BCUT2D eigenvalue weighted by Crippen LogP contribution is -2.44. The van der Waals surface area contributed by atoms with Gasteiger partial charge in [0.15, 0.2) is 0 Å². The Morgan fingerprint density at radius 1 is 1.28 bits per heavy atom. The molecule has 0 aliphatic carbocycles. The van der Waals surface area contributed by atoms with Gasteiger partial charge in [-0.15, -0.1) is 0 Å².